The minimum Gasteiger partial charge on any atom is -0.372 e. The van der Waals surface area contributed by atoms with Crippen molar-refractivity contribution in [1.29, 1.82) is 0 Å². The number of nitrogens with zero attached hydrogens (tertiary/aromatic N) is 4. The van der Waals surface area contributed by atoms with Crippen molar-refractivity contribution >= 4 is 5.82 Å². The summed E-state index contributed by atoms with van der Waals surface area (Å²) in [6, 6.07) is 4.12. The van der Waals surface area contributed by atoms with E-state index in [9.17, 15) is 0 Å². The molecular weight excluding hydrogens is 314 g/mol. The van der Waals surface area contributed by atoms with Crippen molar-refractivity contribution in [3.63, 3.8) is 0 Å². The Hall–Kier alpha value is -1.95. The molecule has 3 heterocycles. The van der Waals surface area contributed by atoms with E-state index in [1.165, 1.54) is 0 Å². The zero-order chi connectivity index (χ0) is 18.0. The highest BCUT2D eigenvalue weighted by atomic mass is 16.5. The first-order chi connectivity index (χ1) is 12.0. The third-order valence-corrected chi connectivity index (χ3v) is 4.78. The minimum atomic E-state index is 0.0935. The summed E-state index contributed by atoms with van der Waals surface area (Å²) in [7, 11) is 1.97. The summed E-state index contributed by atoms with van der Waals surface area (Å²) in [5.74, 6) is 2.93. The van der Waals surface area contributed by atoms with Gasteiger partial charge in [0.15, 0.2) is 0 Å². The lowest BCUT2D eigenvalue weighted by Crippen LogP contribution is -2.20. The molecule has 3 rings (SSSR count). The lowest BCUT2D eigenvalue weighted by Gasteiger charge is -2.20. The van der Waals surface area contributed by atoms with Gasteiger partial charge in [-0.05, 0) is 18.4 Å². The van der Waals surface area contributed by atoms with E-state index in [4.69, 9.17) is 14.7 Å². The molecule has 0 radical (unpaired) electrons. The molecule has 1 aliphatic heterocycles. The molecule has 25 heavy (non-hydrogen) atoms. The molecule has 1 fully saturated rings. The second-order valence-electron chi connectivity index (χ2n) is 7.45. The number of nitrogens with one attached hydrogen (secondary N) is 1. The summed E-state index contributed by atoms with van der Waals surface area (Å²) in [4.78, 5) is 9.39. The summed E-state index contributed by atoms with van der Waals surface area (Å²) in [6.45, 7) is 10.2. The standard InChI is InChI=1S/C19H29N5O/c1-12(2)15-10-17(23-19(22-15)13(3)4)20-11-14-7-9-25-18(14)16-6-8-21-24(16)5/h6,8,10,12-14,18H,7,9,11H2,1-5H3,(H,20,22,23)/t14-,18+/m0/s1. The fourth-order valence-electron chi connectivity index (χ4n) is 3.20. The normalized spacial score (nSPS) is 20.6. The Balaban J connectivity index is 1.73. The molecule has 0 aromatic carbocycles. The van der Waals surface area contributed by atoms with Crippen LogP contribution < -0.4 is 5.32 Å². The number of ether oxygens (including phenoxy) is 1. The number of aryl methyl sites for hydroxylation is 1. The van der Waals surface area contributed by atoms with Crippen molar-refractivity contribution in [3.8, 4) is 0 Å². The highest BCUT2D eigenvalue weighted by molar-refractivity contribution is 5.37. The van der Waals surface area contributed by atoms with E-state index in [1.807, 2.05) is 24.0 Å². The van der Waals surface area contributed by atoms with Crippen molar-refractivity contribution in [2.75, 3.05) is 18.5 Å². The van der Waals surface area contributed by atoms with Crippen LogP contribution in [0.5, 0.6) is 0 Å². The summed E-state index contributed by atoms with van der Waals surface area (Å²) in [5, 5.41) is 7.80. The molecule has 0 bridgehead atoms. The molecule has 0 spiro atoms. The largest absolute Gasteiger partial charge is 0.372 e. The highest BCUT2D eigenvalue weighted by Crippen LogP contribution is 2.34. The van der Waals surface area contributed by atoms with Gasteiger partial charge < -0.3 is 10.1 Å². The number of aromatic nitrogens is 4. The lowest BCUT2D eigenvalue weighted by molar-refractivity contribution is 0.0866. The van der Waals surface area contributed by atoms with Crippen LogP contribution in [0.3, 0.4) is 0 Å². The van der Waals surface area contributed by atoms with Crippen LogP contribution >= 0.6 is 0 Å². The van der Waals surface area contributed by atoms with Crippen LogP contribution in [0.25, 0.3) is 0 Å². The smallest absolute Gasteiger partial charge is 0.133 e. The van der Waals surface area contributed by atoms with Gasteiger partial charge >= 0.3 is 0 Å². The van der Waals surface area contributed by atoms with E-state index >= 15 is 0 Å². The molecule has 0 aliphatic carbocycles. The second-order valence-corrected chi connectivity index (χ2v) is 7.45. The van der Waals surface area contributed by atoms with Gasteiger partial charge in [0.1, 0.15) is 17.7 Å². The molecule has 6 nitrogen and oxygen atoms in total. The van der Waals surface area contributed by atoms with E-state index in [1.54, 1.807) is 0 Å². The molecule has 0 unspecified atom stereocenters. The first-order valence-electron chi connectivity index (χ1n) is 9.18. The summed E-state index contributed by atoms with van der Waals surface area (Å²) >= 11 is 0. The maximum atomic E-state index is 5.97. The van der Waals surface area contributed by atoms with E-state index in [2.05, 4.69) is 44.2 Å². The van der Waals surface area contributed by atoms with Gasteiger partial charge in [-0.1, -0.05) is 27.7 Å². The Morgan fingerprint density at radius 1 is 1.24 bits per heavy atom. The molecule has 1 saturated heterocycles. The third-order valence-electron chi connectivity index (χ3n) is 4.78. The molecule has 0 amide bonds. The van der Waals surface area contributed by atoms with Crippen molar-refractivity contribution < 1.29 is 4.74 Å². The Labute approximate surface area is 150 Å². The Kier molecular flexibility index (Phi) is 5.37. The van der Waals surface area contributed by atoms with Crippen LogP contribution in [-0.2, 0) is 11.8 Å². The van der Waals surface area contributed by atoms with Gasteiger partial charge in [0.2, 0.25) is 0 Å². The van der Waals surface area contributed by atoms with Crippen LogP contribution in [0.2, 0.25) is 0 Å². The average Bonchev–Trinajstić information content (AvgIpc) is 3.20. The van der Waals surface area contributed by atoms with Gasteiger partial charge in [0.25, 0.3) is 0 Å². The number of anilines is 1. The van der Waals surface area contributed by atoms with Crippen LogP contribution in [-0.4, -0.2) is 32.9 Å². The van der Waals surface area contributed by atoms with Crippen molar-refractivity contribution in [3.05, 3.63) is 35.5 Å². The van der Waals surface area contributed by atoms with E-state index in [0.717, 1.165) is 42.6 Å². The summed E-state index contributed by atoms with van der Waals surface area (Å²) in [5.41, 5.74) is 2.23. The van der Waals surface area contributed by atoms with Gasteiger partial charge in [-0.25, -0.2) is 9.97 Å². The van der Waals surface area contributed by atoms with Crippen molar-refractivity contribution in [1.82, 2.24) is 19.7 Å². The molecule has 2 atom stereocenters. The van der Waals surface area contributed by atoms with E-state index in [-0.39, 0.29) is 6.10 Å². The minimum absolute atomic E-state index is 0.0935. The number of hydrogen-bond acceptors (Lipinski definition) is 5. The molecule has 1 aliphatic rings. The van der Waals surface area contributed by atoms with Gasteiger partial charge in [0, 0.05) is 50.0 Å². The van der Waals surface area contributed by atoms with Crippen molar-refractivity contribution in [2.45, 2.75) is 52.1 Å². The molecule has 2 aromatic heterocycles. The molecule has 1 N–H and O–H groups in total. The highest BCUT2D eigenvalue weighted by Gasteiger charge is 2.31. The predicted octanol–water partition coefficient (Wildman–Crippen LogP) is 3.65. The van der Waals surface area contributed by atoms with E-state index < -0.39 is 0 Å². The molecular formula is C19H29N5O. The fourth-order valence-corrected chi connectivity index (χ4v) is 3.20. The van der Waals surface area contributed by atoms with Crippen LogP contribution in [0.1, 0.15) is 69.3 Å². The Bertz CT molecular complexity index is 683. The SMILES string of the molecule is CC(C)c1cc(NC[C@@H]2CCO[C@H]2c2ccnn2C)nc(C(C)C)n1. The van der Waals surface area contributed by atoms with Gasteiger partial charge in [-0.3, -0.25) is 4.68 Å². The average molecular weight is 343 g/mol. The maximum absolute atomic E-state index is 5.97. The van der Waals surface area contributed by atoms with Gasteiger partial charge in [-0.15, -0.1) is 0 Å². The lowest BCUT2D eigenvalue weighted by atomic mass is 9.99. The topological polar surface area (TPSA) is 64.9 Å². The monoisotopic (exact) mass is 343 g/mol. The van der Waals surface area contributed by atoms with Crippen LogP contribution in [0.15, 0.2) is 18.3 Å². The van der Waals surface area contributed by atoms with Crippen LogP contribution in [0.4, 0.5) is 5.82 Å². The molecule has 136 valence electrons. The Morgan fingerprint density at radius 2 is 2.04 bits per heavy atom. The molecule has 6 heteroatoms. The molecule has 0 saturated carbocycles. The van der Waals surface area contributed by atoms with Gasteiger partial charge in [0.05, 0.1) is 5.69 Å². The fraction of sp³-hybridized carbons (Fsp3) is 0.632. The number of hydrogen-bond donors (Lipinski definition) is 1. The zero-order valence-electron chi connectivity index (χ0n) is 15.9. The van der Waals surface area contributed by atoms with Crippen LogP contribution in [0, 0.1) is 5.92 Å². The summed E-state index contributed by atoms with van der Waals surface area (Å²) in [6.07, 6.45) is 2.97. The first-order valence-corrected chi connectivity index (χ1v) is 9.18. The second kappa shape index (κ2) is 7.52. The maximum Gasteiger partial charge on any atom is 0.133 e. The summed E-state index contributed by atoms with van der Waals surface area (Å²) < 4.78 is 7.87. The third kappa shape index (κ3) is 4.00. The predicted molar refractivity (Wildman–Crippen MR) is 98.7 cm³/mol. The van der Waals surface area contributed by atoms with Gasteiger partial charge in [-0.2, -0.15) is 5.10 Å². The zero-order valence-corrected chi connectivity index (χ0v) is 15.9. The van der Waals surface area contributed by atoms with Crippen molar-refractivity contribution in [2.24, 2.45) is 13.0 Å². The van der Waals surface area contributed by atoms with E-state index in [0.29, 0.717) is 17.8 Å². The Morgan fingerprint density at radius 3 is 2.68 bits per heavy atom. The number of rotatable bonds is 6. The quantitative estimate of drug-likeness (QED) is 0.867. The molecule has 2 aromatic rings. The first kappa shape index (κ1) is 17.9.